The van der Waals surface area contributed by atoms with E-state index in [0.717, 1.165) is 26.1 Å². The summed E-state index contributed by atoms with van der Waals surface area (Å²) in [6, 6.07) is 1.27. The third-order valence-electron chi connectivity index (χ3n) is 3.51. The van der Waals surface area contributed by atoms with E-state index in [1.165, 1.54) is 0 Å². The van der Waals surface area contributed by atoms with Crippen molar-refractivity contribution in [1.82, 2.24) is 9.80 Å². The zero-order valence-electron chi connectivity index (χ0n) is 11.0. The monoisotopic (exact) mass is 213 g/mol. The first-order chi connectivity index (χ1) is 6.86. The fourth-order valence-electron chi connectivity index (χ4n) is 2.45. The summed E-state index contributed by atoms with van der Waals surface area (Å²) in [4.78, 5) is 5.06. The Morgan fingerprint density at radius 3 is 2.33 bits per heavy atom. The molecule has 1 rings (SSSR count). The molecule has 0 aliphatic carbocycles. The van der Waals surface area contributed by atoms with Gasteiger partial charge in [0, 0.05) is 30.7 Å². The minimum absolute atomic E-state index is 0.259. The Morgan fingerprint density at radius 1 is 1.27 bits per heavy atom. The summed E-state index contributed by atoms with van der Waals surface area (Å²) in [7, 11) is 2.22. The molecule has 0 spiro atoms. The Morgan fingerprint density at radius 2 is 1.87 bits per heavy atom. The van der Waals surface area contributed by atoms with Crippen LogP contribution in [0.1, 0.15) is 34.1 Å². The summed E-state index contributed by atoms with van der Waals surface area (Å²) in [5, 5.41) is 0. The quantitative estimate of drug-likeness (QED) is 0.746. The molecule has 1 aliphatic rings. The number of rotatable bonds is 2. The number of nitrogens with two attached hydrogens (primary N) is 1. The van der Waals surface area contributed by atoms with Crippen molar-refractivity contribution in [2.75, 3.05) is 26.7 Å². The van der Waals surface area contributed by atoms with Crippen molar-refractivity contribution in [3.8, 4) is 0 Å². The Kier molecular flexibility index (Phi) is 4.15. The van der Waals surface area contributed by atoms with Gasteiger partial charge in [-0.15, -0.1) is 0 Å². The molecule has 0 aromatic heterocycles. The lowest BCUT2D eigenvalue weighted by atomic mass is 9.96. The van der Waals surface area contributed by atoms with E-state index < -0.39 is 0 Å². The van der Waals surface area contributed by atoms with Crippen LogP contribution >= 0.6 is 0 Å². The molecule has 0 aromatic carbocycles. The fourth-order valence-corrected chi connectivity index (χ4v) is 2.45. The van der Waals surface area contributed by atoms with Gasteiger partial charge in [-0.1, -0.05) is 0 Å². The van der Waals surface area contributed by atoms with Crippen molar-refractivity contribution in [2.24, 2.45) is 5.73 Å². The second-order valence-electron chi connectivity index (χ2n) is 5.84. The first-order valence-corrected chi connectivity index (χ1v) is 6.03. The lowest BCUT2D eigenvalue weighted by Crippen LogP contribution is -2.61. The first kappa shape index (κ1) is 12.9. The molecule has 1 heterocycles. The van der Waals surface area contributed by atoms with Crippen molar-refractivity contribution in [3.63, 3.8) is 0 Å². The first-order valence-electron chi connectivity index (χ1n) is 6.03. The van der Waals surface area contributed by atoms with Crippen LogP contribution in [0.3, 0.4) is 0 Å². The number of likely N-dealkylation sites (N-methyl/N-ethyl adjacent to an activating group) is 1. The van der Waals surface area contributed by atoms with Gasteiger partial charge in [0.05, 0.1) is 0 Å². The van der Waals surface area contributed by atoms with E-state index in [1.54, 1.807) is 0 Å². The van der Waals surface area contributed by atoms with Gasteiger partial charge in [-0.25, -0.2) is 0 Å². The Hall–Kier alpha value is -0.120. The standard InChI is InChI=1S/C12H27N3/c1-10-8-15(12(2,3)4)11(6-7-13)9-14(10)5/h10-11H,6-9,13H2,1-5H3. The SMILES string of the molecule is CC1CN(C(C)(C)C)C(CCN)CN1C. The summed E-state index contributed by atoms with van der Waals surface area (Å²) in [6.07, 6.45) is 1.11. The molecular weight excluding hydrogens is 186 g/mol. The molecule has 2 unspecified atom stereocenters. The number of hydrogen-bond acceptors (Lipinski definition) is 3. The summed E-state index contributed by atoms with van der Waals surface area (Å²) in [6.45, 7) is 12.3. The van der Waals surface area contributed by atoms with Crippen molar-refractivity contribution >= 4 is 0 Å². The van der Waals surface area contributed by atoms with E-state index in [4.69, 9.17) is 5.73 Å². The zero-order chi connectivity index (χ0) is 11.6. The van der Waals surface area contributed by atoms with E-state index >= 15 is 0 Å². The van der Waals surface area contributed by atoms with Gasteiger partial charge in [-0.2, -0.15) is 0 Å². The second kappa shape index (κ2) is 4.81. The van der Waals surface area contributed by atoms with Crippen molar-refractivity contribution < 1.29 is 0 Å². The molecule has 90 valence electrons. The summed E-state index contributed by atoms with van der Waals surface area (Å²) in [5.41, 5.74) is 5.96. The van der Waals surface area contributed by atoms with Crippen LogP contribution in [-0.2, 0) is 0 Å². The van der Waals surface area contributed by atoms with Crippen molar-refractivity contribution in [3.05, 3.63) is 0 Å². The van der Waals surface area contributed by atoms with Gasteiger partial charge in [0.1, 0.15) is 0 Å². The minimum atomic E-state index is 0.259. The van der Waals surface area contributed by atoms with Gasteiger partial charge in [-0.05, 0) is 47.7 Å². The minimum Gasteiger partial charge on any atom is -0.330 e. The lowest BCUT2D eigenvalue weighted by molar-refractivity contribution is -0.00990. The average Bonchev–Trinajstić information content (AvgIpc) is 2.09. The highest BCUT2D eigenvalue weighted by atomic mass is 15.3. The number of nitrogens with zero attached hydrogens (tertiary/aromatic N) is 2. The van der Waals surface area contributed by atoms with Gasteiger partial charge in [0.15, 0.2) is 0 Å². The van der Waals surface area contributed by atoms with Gasteiger partial charge in [-0.3, -0.25) is 4.90 Å². The molecule has 15 heavy (non-hydrogen) atoms. The summed E-state index contributed by atoms with van der Waals surface area (Å²) in [5.74, 6) is 0. The van der Waals surface area contributed by atoms with Crippen LogP contribution in [0, 0.1) is 0 Å². The fraction of sp³-hybridized carbons (Fsp3) is 1.00. The molecule has 0 bridgehead atoms. The molecule has 0 radical (unpaired) electrons. The van der Waals surface area contributed by atoms with Crippen LogP contribution < -0.4 is 5.73 Å². The molecule has 3 nitrogen and oxygen atoms in total. The molecule has 0 aromatic rings. The average molecular weight is 213 g/mol. The molecule has 1 saturated heterocycles. The zero-order valence-corrected chi connectivity index (χ0v) is 11.0. The molecule has 1 aliphatic heterocycles. The van der Waals surface area contributed by atoms with E-state index in [2.05, 4.69) is 44.5 Å². The topological polar surface area (TPSA) is 32.5 Å². The van der Waals surface area contributed by atoms with Gasteiger partial charge in [0.2, 0.25) is 0 Å². The van der Waals surface area contributed by atoms with E-state index in [-0.39, 0.29) is 5.54 Å². The maximum Gasteiger partial charge on any atom is 0.0241 e. The highest BCUT2D eigenvalue weighted by molar-refractivity contribution is 4.91. The normalized spacial score (nSPS) is 30.8. The molecule has 3 heteroatoms. The van der Waals surface area contributed by atoms with Crippen LogP contribution in [0.4, 0.5) is 0 Å². The predicted molar refractivity (Wildman–Crippen MR) is 66.0 cm³/mol. The summed E-state index contributed by atoms with van der Waals surface area (Å²) >= 11 is 0. The Bertz CT molecular complexity index is 198. The van der Waals surface area contributed by atoms with Gasteiger partial charge < -0.3 is 10.6 Å². The Balaban J connectivity index is 2.72. The highest BCUT2D eigenvalue weighted by Gasteiger charge is 2.35. The highest BCUT2D eigenvalue weighted by Crippen LogP contribution is 2.24. The van der Waals surface area contributed by atoms with Crippen molar-refractivity contribution in [2.45, 2.75) is 51.7 Å². The number of piperazine rings is 1. The molecule has 0 amide bonds. The molecular formula is C12H27N3. The Labute approximate surface area is 94.6 Å². The van der Waals surface area contributed by atoms with Gasteiger partial charge in [0.25, 0.3) is 0 Å². The number of hydrogen-bond donors (Lipinski definition) is 1. The maximum absolute atomic E-state index is 5.70. The van der Waals surface area contributed by atoms with Gasteiger partial charge >= 0.3 is 0 Å². The molecule has 2 N–H and O–H groups in total. The van der Waals surface area contributed by atoms with E-state index in [0.29, 0.717) is 12.1 Å². The van der Waals surface area contributed by atoms with Crippen LogP contribution in [0.5, 0.6) is 0 Å². The van der Waals surface area contributed by atoms with Crippen LogP contribution in [0.25, 0.3) is 0 Å². The molecule has 2 atom stereocenters. The lowest BCUT2D eigenvalue weighted by Gasteiger charge is -2.50. The second-order valence-corrected chi connectivity index (χ2v) is 5.84. The molecule has 1 fully saturated rings. The third-order valence-corrected chi connectivity index (χ3v) is 3.51. The third kappa shape index (κ3) is 3.16. The predicted octanol–water partition coefficient (Wildman–Crippen LogP) is 1.14. The van der Waals surface area contributed by atoms with Crippen LogP contribution in [0.15, 0.2) is 0 Å². The van der Waals surface area contributed by atoms with Crippen LogP contribution in [0.2, 0.25) is 0 Å². The smallest absolute Gasteiger partial charge is 0.0241 e. The van der Waals surface area contributed by atoms with E-state index in [1.807, 2.05) is 0 Å². The van der Waals surface area contributed by atoms with Crippen LogP contribution in [-0.4, -0.2) is 54.1 Å². The largest absolute Gasteiger partial charge is 0.330 e. The summed E-state index contributed by atoms with van der Waals surface area (Å²) < 4.78 is 0. The van der Waals surface area contributed by atoms with E-state index in [9.17, 15) is 0 Å². The maximum atomic E-state index is 5.70. The van der Waals surface area contributed by atoms with Crippen molar-refractivity contribution in [1.29, 1.82) is 0 Å². The molecule has 0 saturated carbocycles.